The van der Waals surface area contributed by atoms with Gasteiger partial charge < -0.3 is 24.8 Å². The summed E-state index contributed by atoms with van der Waals surface area (Å²) >= 11 is 1.23. The highest BCUT2D eigenvalue weighted by atomic mass is 32.2. The van der Waals surface area contributed by atoms with Gasteiger partial charge in [0, 0.05) is 11.3 Å². The maximum absolute atomic E-state index is 12.9. The van der Waals surface area contributed by atoms with Crippen LogP contribution in [-0.4, -0.2) is 53.7 Å². The van der Waals surface area contributed by atoms with E-state index < -0.39 is 0 Å². The van der Waals surface area contributed by atoms with E-state index in [9.17, 15) is 9.59 Å². The van der Waals surface area contributed by atoms with Crippen LogP contribution < -0.4 is 24.8 Å². The molecule has 0 atom stereocenters. The number of ether oxygens (including phenoxy) is 3. The van der Waals surface area contributed by atoms with Crippen molar-refractivity contribution in [2.45, 2.75) is 18.6 Å². The van der Waals surface area contributed by atoms with Crippen LogP contribution in [0.15, 0.2) is 71.9 Å². The van der Waals surface area contributed by atoms with E-state index in [1.54, 1.807) is 29.9 Å². The minimum Gasteiger partial charge on any atom is -0.495 e. The molecule has 1 aromatic heterocycles. The fourth-order valence-corrected chi connectivity index (χ4v) is 4.62. The first-order valence-electron chi connectivity index (χ1n) is 12.0. The van der Waals surface area contributed by atoms with Gasteiger partial charge in [0.1, 0.15) is 5.75 Å². The molecule has 0 saturated heterocycles. The molecule has 10 nitrogen and oxygen atoms in total. The average molecular weight is 548 g/mol. The maximum atomic E-state index is 12.9. The maximum Gasteiger partial charge on any atom is 0.251 e. The van der Waals surface area contributed by atoms with Gasteiger partial charge in [-0.05, 0) is 55.0 Å². The quantitative estimate of drug-likeness (QED) is 0.268. The molecule has 4 aromatic rings. The molecule has 2 amide bonds. The van der Waals surface area contributed by atoms with Crippen molar-refractivity contribution >= 4 is 29.3 Å². The number of anilines is 1. The van der Waals surface area contributed by atoms with Gasteiger partial charge in [-0.1, -0.05) is 36.0 Å². The SMILES string of the molecule is COc1ccc(C(=O)NCc2nnc(SCC(=O)Nc3cccc(C)c3)n2-c2ccccc2OC)cc1OC. The van der Waals surface area contributed by atoms with Crippen molar-refractivity contribution in [3.8, 4) is 22.9 Å². The summed E-state index contributed by atoms with van der Waals surface area (Å²) in [5.74, 6) is 1.65. The van der Waals surface area contributed by atoms with E-state index >= 15 is 0 Å². The molecule has 4 rings (SSSR count). The van der Waals surface area contributed by atoms with Gasteiger partial charge in [-0.15, -0.1) is 10.2 Å². The molecule has 0 bridgehead atoms. The molecular weight excluding hydrogens is 518 g/mol. The number of nitrogens with one attached hydrogen (secondary N) is 2. The summed E-state index contributed by atoms with van der Waals surface area (Å²) in [6.07, 6.45) is 0. The number of rotatable bonds is 11. The van der Waals surface area contributed by atoms with Crippen LogP contribution in [0.3, 0.4) is 0 Å². The molecular formula is C28H29N5O5S. The zero-order valence-electron chi connectivity index (χ0n) is 22.1. The first-order chi connectivity index (χ1) is 18.9. The number of nitrogens with zero attached hydrogens (tertiary/aromatic N) is 3. The van der Waals surface area contributed by atoms with Gasteiger partial charge in [-0.2, -0.15) is 0 Å². The molecule has 1 heterocycles. The first-order valence-corrected chi connectivity index (χ1v) is 13.0. The molecule has 0 aliphatic rings. The summed E-state index contributed by atoms with van der Waals surface area (Å²) in [5, 5.41) is 14.9. The van der Waals surface area contributed by atoms with E-state index in [-0.39, 0.29) is 24.1 Å². The van der Waals surface area contributed by atoms with Gasteiger partial charge in [0.15, 0.2) is 22.5 Å². The number of hydrogen-bond acceptors (Lipinski definition) is 8. The van der Waals surface area contributed by atoms with Crippen molar-refractivity contribution < 1.29 is 23.8 Å². The van der Waals surface area contributed by atoms with E-state index in [1.165, 1.54) is 26.0 Å². The Hall–Kier alpha value is -4.51. The Kier molecular flexibility index (Phi) is 9.06. The highest BCUT2D eigenvalue weighted by Gasteiger charge is 2.20. The van der Waals surface area contributed by atoms with Crippen LogP contribution >= 0.6 is 11.8 Å². The molecule has 0 radical (unpaired) electrons. The lowest BCUT2D eigenvalue weighted by atomic mass is 10.2. The zero-order valence-corrected chi connectivity index (χ0v) is 22.9. The lowest BCUT2D eigenvalue weighted by Crippen LogP contribution is -2.25. The van der Waals surface area contributed by atoms with Crippen LogP contribution in [0, 0.1) is 6.92 Å². The monoisotopic (exact) mass is 547 g/mol. The minimum absolute atomic E-state index is 0.0777. The average Bonchev–Trinajstić information content (AvgIpc) is 3.36. The third-order valence-electron chi connectivity index (χ3n) is 5.71. The first kappa shape index (κ1) is 27.5. The van der Waals surface area contributed by atoms with Crippen LogP contribution in [-0.2, 0) is 11.3 Å². The Bertz CT molecular complexity index is 1470. The summed E-state index contributed by atoms with van der Waals surface area (Å²) in [4.78, 5) is 25.6. The van der Waals surface area contributed by atoms with Crippen LogP contribution in [0.4, 0.5) is 5.69 Å². The second-order valence-corrected chi connectivity index (χ2v) is 9.31. The van der Waals surface area contributed by atoms with Crippen molar-refractivity contribution in [1.29, 1.82) is 0 Å². The number of para-hydroxylation sites is 2. The summed E-state index contributed by atoms with van der Waals surface area (Å²) in [6, 6.07) is 19.9. The number of aryl methyl sites for hydroxylation is 1. The van der Waals surface area contributed by atoms with Gasteiger partial charge in [0.2, 0.25) is 5.91 Å². The number of aromatic nitrogens is 3. The molecule has 11 heteroatoms. The Morgan fingerprint density at radius 3 is 2.38 bits per heavy atom. The largest absolute Gasteiger partial charge is 0.495 e. The second-order valence-electron chi connectivity index (χ2n) is 8.36. The summed E-state index contributed by atoms with van der Waals surface area (Å²) in [5.41, 5.74) is 2.86. The smallest absolute Gasteiger partial charge is 0.251 e. The number of benzene rings is 3. The van der Waals surface area contributed by atoms with Gasteiger partial charge in [-0.25, -0.2) is 0 Å². The Morgan fingerprint density at radius 1 is 0.872 bits per heavy atom. The van der Waals surface area contributed by atoms with Crippen LogP contribution in [0.1, 0.15) is 21.7 Å². The lowest BCUT2D eigenvalue weighted by Gasteiger charge is -2.14. The Balaban J connectivity index is 1.54. The Labute approximate surface area is 230 Å². The summed E-state index contributed by atoms with van der Waals surface area (Å²) < 4.78 is 17.9. The molecule has 0 saturated carbocycles. The van der Waals surface area contributed by atoms with E-state index in [0.29, 0.717) is 39.5 Å². The number of hydrogen-bond donors (Lipinski definition) is 2. The predicted molar refractivity (Wildman–Crippen MR) is 149 cm³/mol. The number of thioether (sulfide) groups is 1. The molecule has 0 aliphatic heterocycles. The van der Waals surface area contributed by atoms with Crippen LogP contribution in [0.2, 0.25) is 0 Å². The van der Waals surface area contributed by atoms with Crippen molar-refractivity contribution in [1.82, 2.24) is 20.1 Å². The fraction of sp³-hybridized carbons (Fsp3) is 0.214. The summed E-state index contributed by atoms with van der Waals surface area (Å²) in [7, 11) is 4.61. The van der Waals surface area contributed by atoms with E-state index in [2.05, 4.69) is 20.8 Å². The molecule has 3 aromatic carbocycles. The highest BCUT2D eigenvalue weighted by molar-refractivity contribution is 7.99. The molecule has 0 spiro atoms. The van der Waals surface area contributed by atoms with E-state index in [1.807, 2.05) is 55.5 Å². The van der Waals surface area contributed by atoms with Gasteiger partial charge >= 0.3 is 0 Å². The molecule has 0 fully saturated rings. The van der Waals surface area contributed by atoms with Crippen molar-refractivity contribution in [3.05, 3.63) is 83.7 Å². The van der Waals surface area contributed by atoms with Gasteiger partial charge in [0.25, 0.3) is 5.91 Å². The predicted octanol–water partition coefficient (Wildman–Crippen LogP) is 4.26. The lowest BCUT2D eigenvalue weighted by molar-refractivity contribution is -0.113. The fourth-order valence-electron chi connectivity index (χ4n) is 3.85. The third kappa shape index (κ3) is 6.68. The number of carbonyl (C=O) groups excluding carboxylic acids is 2. The number of carbonyl (C=O) groups is 2. The minimum atomic E-state index is -0.322. The topological polar surface area (TPSA) is 117 Å². The van der Waals surface area contributed by atoms with Gasteiger partial charge in [0.05, 0.1) is 39.3 Å². The normalized spacial score (nSPS) is 10.6. The summed E-state index contributed by atoms with van der Waals surface area (Å²) in [6.45, 7) is 2.04. The molecule has 39 heavy (non-hydrogen) atoms. The molecule has 0 aliphatic carbocycles. The van der Waals surface area contributed by atoms with Crippen molar-refractivity contribution in [2.24, 2.45) is 0 Å². The molecule has 2 N–H and O–H groups in total. The van der Waals surface area contributed by atoms with Crippen molar-refractivity contribution in [2.75, 3.05) is 32.4 Å². The Morgan fingerprint density at radius 2 is 1.64 bits per heavy atom. The standard InChI is InChI=1S/C28H29N5O5S/c1-18-8-7-9-20(14-18)30-26(34)17-39-28-32-31-25(33(28)21-10-5-6-11-22(21)36-2)16-29-27(35)19-12-13-23(37-3)24(15-19)38-4/h5-15H,16-17H2,1-4H3,(H,29,35)(H,30,34). The molecule has 202 valence electrons. The van der Waals surface area contributed by atoms with E-state index in [4.69, 9.17) is 14.2 Å². The molecule has 0 unspecified atom stereocenters. The number of methoxy groups -OCH3 is 3. The van der Waals surface area contributed by atoms with E-state index in [0.717, 1.165) is 11.3 Å². The number of amides is 2. The van der Waals surface area contributed by atoms with Crippen LogP contribution in [0.25, 0.3) is 5.69 Å². The highest BCUT2D eigenvalue weighted by Crippen LogP contribution is 2.30. The third-order valence-corrected chi connectivity index (χ3v) is 6.64. The zero-order chi connectivity index (χ0) is 27.8. The van der Waals surface area contributed by atoms with Gasteiger partial charge in [-0.3, -0.25) is 14.2 Å². The van der Waals surface area contributed by atoms with Crippen LogP contribution in [0.5, 0.6) is 17.2 Å². The van der Waals surface area contributed by atoms with Crippen molar-refractivity contribution in [3.63, 3.8) is 0 Å². The second kappa shape index (κ2) is 12.8.